The number of halogens is 11. The number of guanidine groups is 1. The molecule has 0 saturated heterocycles. The summed E-state index contributed by atoms with van der Waals surface area (Å²) in [4.78, 5) is 28.4. The van der Waals surface area contributed by atoms with Crippen LogP contribution in [0.2, 0.25) is 10.0 Å². The number of carbonyl (C=O) groups excluding carboxylic acids is 2. The van der Waals surface area contributed by atoms with Gasteiger partial charge in [0.1, 0.15) is 5.69 Å². The number of aromatic amines is 2. The Morgan fingerprint density at radius 3 is 1.58 bits per heavy atom. The van der Waals surface area contributed by atoms with Crippen LogP contribution < -0.4 is 27.0 Å². The fourth-order valence-corrected chi connectivity index (χ4v) is 4.99. The van der Waals surface area contributed by atoms with Crippen molar-refractivity contribution in [1.82, 2.24) is 31.0 Å². The van der Waals surface area contributed by atoms with Gasteiger partial charge in [-0.05, 0) is 103 Å². The second kappa shape index (κ2) is 21.9. The van der Waals surface area contributed by atoms with E-state index in [1.165, 1.54) is 36.4 Å². The lowest BCUT2D eigenvalue weighted by Gasteiger charge is -2.10. The summed E-state index contributed by atoms with van der Waals surface area (Å²) < 4.78 is 114. The van der Waals surface area contributed by atoms with E-state index in [1.54, 1.807) is 25.1 Å². The molecule has 24 heteroatoms. The molecule has 0 aliphatic carbocycles. The molecular weight excluding hydrogens is 902 g/mol. The van der Waals surface area contributed by atoms with Gasteiger partial charge in [-0.1, -0.05) is 23.2 Å². The van der Waals surface area contributed by atoms with Crippen molar-refractivity contribution in [1.29, 1.82) is 0 Å². The van der Waals surface area contributed by atoms with Gasteiger partial charge in [0, 0.05) is 45.5 Å². The molecule has 0 unspecified atom stereocenters. The minimum Gasteiger partial charge on any atom is -0.326 e. The molecule has 0 saturated carbocycles. The third-order valence-corrected chi connectivity index (χ3v) is 8.20. The number of H-pyrrole nitrogens is 2. The molecule has 2 aromatic heterocycles. The Labute approximate surface area is 360 Å². The molecule has 12 nitrogen and oxygen atoms in total. The summed E-state index contributed by atoms with van der Waals surface area (Å²) in [6.45, 7) is 1.56. The van der Waals surface area contributed by atoms with Crippen LogP contribution in [0.1, 0.15) is 43.2 Å². The molecule has 2 amide bonds. The first-order chi connectivity index (χ1) is 29.2. The number of anilines is 2. The second-order valence-electron chi connectivity index (χ2n) is 12.2. The summed E-state index contributed by atoms with van der Waals surface area (Å²) in [5, 5.41) is 22.8. The molecule has 4 aromatic carbocycles. The lowest BCUT2D eigenvalue weighted by molar-refractivity contribution is -0.141. The minimum absolute atomic E-state index is 0.00583. The Balaban J connectivity index is 0.000000225. The Kier molecular flexibility index (Phi) is 17.0. The number of aliphatic imine (C=N–C) groups is 1. The number of aromatic nitrogens is 4. The van der Waals surface area contributed by atoms with Crippen LogP contribution in [-0.4, -0.2) is 43.3 Å². The number of aryl methyl sites for hydroxylation is 1. The Morgan fingerprint density at radius 1 is 0.694 bits per heavy atom. The van der Waals surface area contributed by atoms with Gasteiger partial charge in [-0.3, -0.25) is 30.4 Å². The fourth-order valence-electron chi connectivity index (χ4n) is 4.55. The van der Waals surface area contributed by atoms with Crippen LogP contribution in [-0.2, 0) is 19.3 Å². The molecule has 0 atom stereocenters. The van der Waals surface area contributed by atoms with E-state index >= 15 is 0 Å². The van der Waals surface area contributed by atoms with Crippen molar-refractivity contribution in [2.24, 2.45) is 10.7 Å². The summed E-state index contributed by atoms with van der Waals surface area (Å²) in [5.41, 5.74) is 5.76. The van der Waals surface area contributed by atoms with E-state index in [0.29, 0.717) is 27.0 Å². The van der Waals surface area contributed by atoms with Gasteiger partial charge in [0.25, 0.3) is 11.8 Å². The highest BCUT2D eigenvalue weighted by molar-refractivity contribution is 7.80. The molecule has 6 rings (SSSR count). The fraction of sp³-hybridized carbons (Fsp3) is 0.105. The monoisotopic (exact) mass is 930 g/mol. The number of nitrogens with one attached hydrogen (secondary N) is 6. The lowest BCUT2D eigenvalue weighted by Crippen LogP contribution is -2.36. The number of carbonyl (C=O) groups is 2. The smallest absolute Gasteiger partial charge is 0.326 e. The summed E-state index contributed by atoms with van der Waals surface area (Å²) >= 11 is 16.3. The maximum atomic E-state index is 13.4. The van der Waals surface area contributed by atoms with Crippen molar-refractivity contribution >= 4 is 69.9 Å². The second-order valence-corrected chi connectivity index (χ2v) is 13.5. The van der Waals surface area contributed by atoms with Gasteiger partial charge in [0.2, 0.25) is 5.96 Å². The van der Waals surface area contributed by atoms with E-state index < -0.39 is 58.6 Å². The van der Waals surface area contributed by atoms with Crippen molar-refractivity contribution in [2.45, 2.75) is 26.2 Å². The molecule has 0 bridgehead atoms. The Bertz CT molecular complexity index is 2510. The van der Waals surface area contributed by atoms with Gasteiger partial charge in [-0.2, -0.15) is 23.4 Å². The van der Waals surface area contributed by atoms with Crippen LogP contribution >= 0.6 is 35.4 Å². The number of thiocarbonyl (C=S) groups is 1. The number of nitrogens with zero attached hydrogens (tertiary/aromatic N) is 3. The zero-order chi connectivity index (χ0) is 45.7. The van der Waals surface area contributed by atoms with E-state index in [4.69, 9.17) is 41.2 Å². The third kappa shape index (κ3) is 14.6. The van der Waals surface area contributed by atoms with Gasteiger partial charge in [-0.15, -0.1) is 0 Å². The molecule has 0 radical (unpaired) electrons. The molecular formula is C38H29Cl2F9N10O2S. The molecule has 0 aliphatic heterocycles. The number of nitrogens with two attached hydrogens (primary N) is 1. The minimum atomic E-state index is -4.54. The summed E-state index contributed by atoms with van der Waals surface area (Å²) in [5.74, 6) is -8.88. The number of benzene rings is 4. The molecule has 2 heterocycles. The predicted molar refractivity (Wildman–Crippen MR) is 216 cm³/mol. The van der Waals surface area contributed by atoms with Gasteiger partial charge in [0.05, 0.1) is 6.54 Å². The summed E-state index contributed by atoms with van der Waals surface area (Å²) in [7, 11) is 0. The van der Waals surface area contributed by atoms with Crippen LogP contribution in [0.5, 0.6) is 0 Å². The summed E-state index contributed by atoms with van der Waals surface area (Å²) in [6, 6.07) is 18.0. The zero-order valence-electron chi connectivity index (χ0n) is 31.3. The van der Waals surface area contributed by atoms with Crippen LogP contribution in [0, 0.1) is 41.8 Å². The van der Waals surface area contributed by atoms with Gasteiger partial charge in [0.15, 0.2) is 51.7 Å². The largest absolute Gasteiger partial charge is 0.432 e. The summed E-state index contributed by atoms with van der Waals surface area (Å²) in [6.07, 6.45) is -4.54. The normalized spacial score (nSPS) is 11.1. The highest BCUT2D eigenvalue weighted by atomic mass is 35.5. The molecule has 0 spiro atoms. The topological polar surface area (TPSA) is 178 Å². The molecule has 0 fully saturated rings. The van der Waals surface area contributed by atoms with E-state index in [-0.39, 0.29) is 41.1 Å². The Morgan fingerprint density at radius 2 is 1.15 bits per heavy atom. The molecule has 326 valence electrons. The van der Waals surface area contributed by atoms with E-state index in [9.17, 15) is 49.1 Å². The molecule has 6 aromatic rings. The van der Waals surface area contributed by atoms with Crippen molar-refractivity contribution < 1.29 is 49.1 Å². The first-order valence-corrected chi connectivity index (χ1v) is 18.3. The lowest BCUT2D eigenvalue weighted by atomic mass is 10.2. The quantitative estimate of drug-likeness (QED) is 0.0273. The average Bonchev–Trinajstić information content (AvgIpc) is 3.87. The van der Waals surface area contributed by atoms with E-state index in [0.717, 1.165) is 36.0 Å². The van der Waals surface area contributed by atoms with Crippen LogP contribution in [0.25, 0.3) is 0 Å². The first kappa shape index (κ1) is 48.2. The van der Waals surface area contributed by atoms with Crippen LogP contribution in [0.4, 0.5) is 51.1 Å². The number of amides is 2. The first-order valence-electron chi connectivity index (χ1n) is 17.1. The van der Waals surface area contributed by atoms with Gasteiger partial charge in [-0.25, -0.2) is 31.3 Å². The Hall–Kier alpha value is -6.49. The zero-order valence-corrected chi connectivity index (χ0v) is 33.6. The highest BCUT2D eigenvalue weighted by Crippen LogP contribution is 2.28. The number of alkyl halides is 3. The van der Waals surface area contributed by atoms with Crippen molar-refractivity contribution in [2.75, 3.05) is 10.6 Å². The number of rotatable bonds is 7. The van der Waals surface area contributed by atoms with Crippen molar-refractivity contribution in [3.8, 4) is 0 Å². The van der Waals surface area contributed by atoms with E-state index in [2.05, 4.69) is 41.6 Å². The standard InChI is InChI=1S/C19H15ClF3N5O.C12H8ClF3N4OS.C7H6F3N/c1-10-6-16(28-27-10)25-19(26-18(29)12-2-4-13(20)5-3-12)24-9-11-7-14(21)17(23)15(22)8-11;13-7-3-1-6(2-4-7)10(21)18-11(22)17-9-5-8(19-20-9)12(14,15)16;8-5-1-4(3-11)2-6(9)7(5)10/h2-8H,9H2,1H3,(H3,24,25,26,27,28,29);1-5H,(H3,17,18,19,20,21,22);1-2H,3,11H2. The highest BCUT2D eigenvalue weighted by Gasteiger charge is 2.33. The molecule has 62 heavy (non-hydrogen) atoms. The average molecular weight is 932 g/mol. The number of hydrogen-bond donors (Lipinski definition) is 7. The van der Waals surface area contributed by atoms with Crippen LogP contribution in [0.3, 0.4) is 0 Å². The van der Waals surface area contributed by atoms with E-state index in [1.807, 2.05) is 5.10 Å². The predicted octanol–water partition coefficient (Wildman–Crippen LogP) is 8.96. The van der Waals surface area contributed by atoms with Crippen LogP contribution in [0.15, 0.2) is 89.9 Å². The van der Waals surface area contributed by atoms with Gasteiger partial charge < -0.3 is 16.4 Å². The maximum absolute atomic E-state index is 13.4. The maximum Gasteiger partial charge on any atom is 0.432 e. The number of hydrogen-bond acceptors (Lipinski definition) is 7. The molecule has 0 aliphatic rings. The van der Waals surface area contributed by atoms with Gasteiger partial charge >= 0.3 is 6.18 Å². The molecule has 8 N–H and O–H groups in total. The van der Waals surface area contributed by atoms with Crippen molar-refractivity contribution in [3.63, 3.8) is 0 Å². The third-order valence-electron chi connectivity index (χ3n) is 7.49. The SMILES string of the molecule is Cc1cc(NC(=NCc2cc(F)c(F)c(F)c2)NC(=O)c2ccc(Cl)cc2)n[nH]1.NCc1cc(F)c(F)c(F)c1.O=C(NC(=S)Nc1cc(C(F)(F)F)[nH]n1)c1ccc(Cl)cc1. The van der Waals surface area contributed by atoms with Crippen molar-refractivity contribution in [3.05, 3.63) is 164 Å².